The van der Waals surface area contributed by atoms with Gasteiger partial charge in [0.2, 0.25) is 0 Å². The van der Waals surface area contributed by atoms with Crippen LogP contribution in [0.2, 0.25) is 0 Å². The first-order chi connectivity index (χ1) is 9.88. The molecule has 2 aromatic carbocycles. The van der Waals surface area contributed by atoms with Gasteiger partial charge in [0.1, 0.15) is 11.6 Å². The molecule has 0 bridgehead atoms. The number of hydrogen-bond donors (Lipinski definition) is 1. The first-order valence-electron chi connectivity index (χ1n) is 5.73. The standard InChI is InChI=1S/C14H9BrF2O3S/c15-9-2-1-8(13(17)5-9)7-21(20)10-3-4-12(16)11(6-10)14(18)19/h1-6H,7H2,(H,18,19). The highest BCUT2D eigenvalue weighted by molar-refractivity contribution is 9.10. The lowest BCUT2D eigenvalue weighted by atomic mass is 10.2. The number of carbonyl (C=O) groups is 1. The summed E-state index contributed by atoms with van der Waals surface area (Å²) in [7, 11) is -1.67. The Morgan fingerprint density at radius 1 is 1.14 bits per heavy atom. The lowest BCUT2D eigenvalue weighted by Gasteiger charge is -2.06. The van der Waals surface area contributed by atoms with E-state index >= 15 is 0 Å². The van der Waals surface area contributed by atoms with Gasteiger partial charge in [-0.15, -0.1) is 0 Å². The lowest BCUT2D eigenvalue weighted by Crippen LogP contribution is -2.04. The summed E-state index contributed by atoms with van der Waals surface area (Å²) >= 11 is 3.12. The minimum atomic E-state index is -1.67. The van der Waals surface area contributed by atoms with Gasteiger partial charge >= 0.3 is 5.97 Å². The second-order valence-corrected chi connectivity index (χ2v) is 6.54. The van der Waals surface area contributed by atoms with E-state index in [2.05, 4.69) is 15.9 Å². The van der Waals surface area contributed by atoms with Crippen molar-refractivity contribution in [3.8, 4) is 0 Å². The van der Waals surface area contributed by atoms with Crippen molar-refractivity contribution in [1.82, 2.24) is 0 Å². The monoisotopic (exact) mass is 374 g/mol. The molecule has 0 saturated heterocycles. The van der Waals surface area contributed by atoms with Gasteiger partial charge < -0.3 is 5.11 Å². The minimum Gasteiger partial charge on any atom is -0.478 e. The first kappa shape index (κ1) is 15.8. The molecule has 1 atom stereocenters. The maximum Gasteiger partial charge on any atom is 0.338 e. The molecule has 0 amide bonds. The van der Waals surface area contributed by atoms with Gasteiger partial charge in [0.25, 0.3) is 0 Å². The van der Waals surface area contributed by atoms with Crippen molar-refractivity contribution < 1.29 is 22.9 Å². The van der Waals surface area contributed by atoms with Gasteiger partial charge in [0.05, 0.1) is 22.1 Å². The smallest absolute Gasteiger partial charge is 0.338 e. The van der Waals surface area contributed by atoms with E-state index in [1.165, 1.54) is 18.2 Å². The fourth-order valence-electron chi connectivity index (χ4n) is 1.67. The molecule has 0 aromatic heterocycles. The molecule has 0 aliphatic heterocycles. The van der Waals surface area contributed by atoms with E-state index in [-0.39, 0.29) is 16.2 Å². The minimum absolute atomic E-state index is 0.121. The van der Waals surface area contributed by atoms with Crippen LogP contribution >= 0.6 is 15.9 Å². The molecule has 0 radical (unpaired) electrons. The fourth-order valence-corrected chi connectivity index (χ4v) is 3.16. The number of carboxylic acid groups (broad SMARTS) is 1. The van der Waals surface area contributed by atoms with E-state index < -0.39 is 34.0 Å². The Bertz CT molecular complexity index is 734. The van der Waals surface area contributed by atoms with E-state index in [0.29, 0.717) is 4.47 Å². The molecule has 110 valence electrons. The third-order valence-electron chi connectivity index (χ3n) is 2.73. The van der Waals surface area contributed by atoms with Gasteiger partial charge in [-0.2, -0.15) is 0 Å². The third kappa shape index (κ3) is 3.74. The SMILES string of the molecule is O=C(O)c1cc(S(=O)Cc2ccc(Br)cc2F)ccc1F. The van der Waals surface area contributed by atoms with Gasteiger partial charge in [0, 0.05) is 14.9 Å². The van der Waals surface area contributed by atoms with Crippen LogP contribution in [0.4, 0.5) is 8.78 Å². The van der Waals surface area contributed by atoms with Crippen LogP contribution in [0, 0.1) is 11.6 Å². The van der Waals surface area contributed by atoms with Crippen LogP contribution in [-0.2, 0) is 16.6 Å². The number of benzene rings is 2. The summed E-state index contributed by atoms with van der Waals surface area (Å²) in [6.45, 7) is 0. The third-order valence-corrected chi connectivity index (χ3v) is 4.58. The molecule has 0 fully saturated rings. The molecule has 1 unspecified atom stereocenters. The molecule has 0 saturated carbocycles. The summed E-state index contributed by atoms with van der Waals surface area (Å²) in [6, 6.07) is 7.52. The Morgan fingerprint density at radius 2 is 1.86 bits per heavy atom. The van der Waals surface area contributed by atoms with E-state index in [4.69, 9.17) is 5.11 Å². The van der Waals surface area contributed by atoms with Crippen LogP contribution in [0.15, 0.2) is 45.8 Å². The molecule has 21 heavy (non-hydrogen) atoms. The van der Waals surface area contributed by atoms with Crippen LogP contribution in [0.25, 0.3) is 0 Å². The van der Waals surface area contributed by atoms with Crippen LogP contribution in [0.5, 0.6) is 0 Å². The van der Waals surface area contributed by atoms with Gasteiger partial charge in [0.15, 0.2) is 0 Å². The quantitative estimate of drug-likeness (QED) is 0.886. The summed E-state index contributed by atoms with van der Waals surface area (Å²) in [5.41, 5.74) is -0.324. The Morgan fingerprint density at radius 3 is 2.48 bits per heavy atom. The molecule has 0 spiro atoms. The summed E-state index contributed by atoms with van der Waals surface area (Å²) in [5, 5.41) is 8.83. The maximum absolute atomic E-state index is 13.7. The number of rotatable bonds is 4. The number of halogens is 3. The van der Waals surface area contributed by atoms with Crippen LogP contribution < -0.4 is 0 Å². The van der Waals surface area contributed by atoms with Crippen molar-refractivity contribution in [2.24, 2.45) is 0 Å². The summed E-state index contributed by atoms with van der Waals surface area (Å²) in [4.78, 5) is 11.0. The molecule has 2 aromatic rings. The van der Waals surface area contributed by atoms with Crippen molar-refractivity contribution in [1.29, 1.82) is 0 Å². The average molecular weight is 375 g/mol. The second kappa shape index (κ2) is 6.44. The fraction of sp³-hybridized carbons (Fsp3) is 0.0714. The molecule has 0 aliphatic carbocycles. The van der Waals surface area contributed by atoms with E-state index in [9.17, 15) is 17.8 Å². The van der Waals surface area contributed by atoms with Gasteiger partial charge in [-0.1, -0.05) is 22.0 Å². The largest absolute Gasteiger partial charge is 0.478 e. The average Bonchev–Trinajstić information content (AvgIpc) is 2.42. The van der Waals surface area contributed by atoms with E-state index in [0.717, 1.165) is 12.1 Å². The summed E-state index contributed by atoms with van der Waals surface area (Å²) in [5.74, 6) is -2.98. The summed E-state index contributed by atoms with van der Waals surface area (Å²) in [6.07, 6.45) is 0. The zero-order chi connectivity index (χ0) is 15.6. The number of carboxylic acids is 1. The van der Waals surface area contributed by atoms with Gasteiger partial charge in [-0.25, -0.2) is 13.6 Å². The second-order valence-electron chi connectivity index (χ2n) is 4.17. The van der Waals surface area contributed by atoms with Crippen LogP contribution in [0.3, 0.4) is 0 Å². The first-order valence-corrected chi connectivity index (χ1v) is 7.85. The summed E-state index contributed by atoms with van der Waals surface area (Å²) < 4.78 is 39.7. The van der Waals surface area contributed by atoms with Crippen molar-refractivity contribution in [2.75, 3.05) is 0 Å². The highest BCUT2D eigenvalue weighted by Gasteiger charge is 2.15. The zero-order valence-electron chi connectivity index (χ0n) is 10.5. The molecule has 7 heteroatoms. The molecular weight excluding hydrogens is 366 g/mol. The van der Waals surface area contributed by atoms with E-state index in [1.54, 1.807) is 6.07 Å². The molecule has 3 nitrogen and oxygen atoms in total. The van der Waals surface area contributed by atoms with Crippen LogP contribution in [-0.4, -0.2) is 15.3 Å². The van der Waals surface area contributed by atoms with Crippen LogP contribution in [0.1, 0.15) is 15.9 Å². The predicted molar refractivity (Wildman–Crippen MR) is 77.6 cm³/mol. The molecular formula is C14H9BrF2O3S. The molecule has 2 rings (SSSR count). The van der Waals surface area contributed by atoms with Crippen molar-refractivity contribution in [3.05, 3.63) is 63.6 Å². The molecule has 1 N–H and O–H groups in total. The Hall–Kier alpha value is -1.60. The Labute approximate surface area is 130 Å². The molecule has 0 heterocycles. The normalized spacial score (nSPS) is 12.1. The van der Waals surface area contributed by atoms with Crippen molar-refractivity contribution >= 4 is 32.7 Å². The maximum atomic E-state index is 13.7. The number of hydrogen-bond acceptors (Lipinski definition) is 2. The highest BCUT2D eigenvalue weighted by Crippen LogP contribution is 2.20. The van der Waals surface area contributed by atoms with Crippen molar-refractivity contribution in [3.63, 3.8) is 0 Å². The Balaban J connectivity index is 2.28. The molecule has 0 aliphatic rings. The van der Waals surface area contributed by atoms with Gasteiger partial charge in [-0.05, 0) is 30.3 Å². The zero-order valence-corrected chi connectivity index (χ0v) is 12.9. The predicted octanol–water partition coefficient (Wildman–Crippen LogP) is 3.73. The topological polar surface area (TPSA) is 54.4 Å². The highest BCUT2D eigenvalue weighted by atomic mass is 79.9. The lowest BCUT2D eigenvalue weighted by molar-refractivity contribution is 0.0691. The van der Waals surface area contributed by atoms with E-state index in [1.807, 2.05) is 0 Å². The van der Waals surface area contributed by atoms with Crippen molar-refractivity contribution in [2.45, 2.75) is 10.6 Å². The number of aromatic carboxylic acids is 1. The Kier molecular flexibility index (Phi) is 4.84. The van der Waals surface area contributed by atoms with Gasteiger partial charge in [-0.3, -0.25) is 4.21 Å².